The molecule has 0 aromatic carbocycles. The Morgan fingerprint density at radius 3 is 2.36 bits per heavy atom. The molecule has 0 unspecified atom stereocenters. The normalized spacial score (nSPS) is 23.6. The van der Waals surface area contributed by atoms with Gasteiger partial charge in [0.05, 0.1) is 12.1 Å². The second kappa shape index (κ2) is 6.78. The Kier molecular flexibility index (Phi) is 5.33. The molecule has 6 N–H and O–H groups in total. The Labute approximate surface area is 126 Å². The Morgan fingerprint density at radius 2 is 1.95 bits per heavy atom. The van der Waals surface area contributed by atoms with Gasteiger partial charge in [0.2, 0.25) is 11.7 Å². The molecule has 1 heterocycles. The largest absolute Gasteiger partial charge is 0.475 e. The van der Waals surface area contributed by atoms with E-state index in [2.05, 4.69) is 10.6 Å². The van der Waals surface area contributed by atoms with E-state index >= 15 is 0 Å². The molecule has 122 valence electrons. The van der Waals surface area contributed by atoms with Crippen LogP contribution >= 0.6 is 0 Å². The van der Waals surface area contributed by atoms with E-state index in [1.807, 2.05) is 0 Å². The maximum atomic E-state index is 12.2. The molecule has 0 aromatic heterocycles. The van der Waals surface area contributed by atoms with Crippen LogP contribution in [0.5, 0.6) is 0 Å². The van der Waals surface area contributed by atoms with Crippen LogP contribution in [0, 0.1) is 5.41 Å². The lowest BCUT2D eigenvalue weighted by atomic mass is 9.97. The predicted octanol–water partition coefficient (Wildman–Crippen LogP) is -2.20. The molecule has 1 rings (SSSR count). The van der Waals surface area contributed by atoms with Gasteiger partial charge in [-0.05, 0) is 6.08 Å². The summed E-state index contributed by atoms with van der Waals surface area (Å²) in [7, 11) is 2.95. The minimum Gasteiger partial charge on any atom is -0.475 e. The van der Waals surface area contributed by atoms with Crippen molar-refractivity contribution < 1.29 is 24.2 Å². The molecular weight excluding hydrogens is 294 g/mol. The smallest absolute Gasteiger partial charge is 0.370 e. The zero-order chi connectivity index (χ0) is 17.0. The van der Waals surface area contributed by atoms with Crippen LogP contribution < -0.4 is 16.4 Å². The van der Waals surface area contributed by atoms with Crippen molar-refractivity contribution in [3.63, 3.8) is 0 Å². The molecule has 0 fully saturated rings. The SMILES string of the molecule is CC(=O)N[C@@H]1[C@@H](NC(=N)N)C=C(C(=O)O)O[C@H]1C(=O)N(C)C. The van der Waals surface area contributed by atoms with Crippen molar-refractivity contribution in [1.29, 1.82) is 5.41 Å². The summed E-state index contributed by atoms with van der Waals surface area (Å²) in [5.74, 6) is -3.22. The number of nitrogens with two attached hydrogens (primary N) is 1. The monoisotopic (exact) mass is 313 g/mol. The molecule has 0 aromatic rings. The number of likely N-dealkylation sites (N-methyl/N-ethyl adjacent to an activating group) is 1. The molecule has 0 saturated heterocycles. The molecule has 22 heavy (non-hydrogen) atoms. The number of aliphatic carboxylic acids is 1. The molecular formula is C12H19N5O5. The fourth-order valence-corrected chi connectivity index (χ4v) is 2.00. The van der Waals surface area contributed by atoms with Gasteiger partial charge in [0.15, 0.2) is 12.1 Å². The Hall–Kier alpha value is -2.78. The van der Waals surface area contributed by atoms with Gasteiger partial charge in [-0.1, -0.05) is 0 Å². The van der Waals surface area contributed by atoms with Crippen LogP contribution in [0.2, 0.25) is 0 Å². The molecule has 0 bridgehead atoms. The first-order valence-corrected chi connectivity index (χ1v) is 6.34. The second-order valence-electron chi connectivity index (χ2n) is 4.92. The number of carbonyl (C=O) groups excluding carboxylic acids is 2. The molecule has 1 aliphatic heterocycles. The van der Waals surface area contributed by atoms with E-state index in [4.69, 9.17) is 21.0 Å². The highest BCUT2D eigenvalue weighted by atomic mass is 16.5. The van der Waals surface area contributed by atoms with Crippen LogP contribution in [-0.2, 0) is 19.1 Å². The van der Waals surface area contributed by atoms with Gasteiger partial charge in [-0.25, -0.2) is 4.79 Å². The first kappa shape index (κ1) is 17.3. The summed E-state index contributed by atoms with van der Waals surface area (Å²) in [6.07, 6.45) is -0.101. The van der Waals surface area contributed by atoms with Crippen LogP contribution in [0.1, 0.15) is 6.92 Å². The van der Waals surface area contributed by atoms with Crippen LogP contribution in [0.4, 0.5) is 0 Å². The number of carboxylic acids is 1. The molecule has 0 aliphatic carbocycles. The van der Waals surface area contributed by atoms with Gasteiger partial charge in [0, 0.05) is 21.0 Å². The minimum atomic E-state index is -1.37. The zero-order valence-electron chi connectivity index (χ0n) is 12.4. The van der Waals surface area contributed by atoms with Gasteiger partial charge in [-0.15, -0.1) is 0 Å². The van der Waals surface area contributed by atoms with Crippen LogP contribution in [-0.4, -0.2) is 66.0 Å². The zero-order valence-corrected chi connectivity index (χ0v) is 12.4. The summed E-state index contributed by atoms with van der Waals surface area (Å²) in [6, 6.07) is -1.80. The van der Waals surface area contributed by atoms with Crippen molar-refractivity contribution in [2.24, 2.45) is 5.73 Å². The van der Waals surface area contributed by atoms with Crippen LogP contribution in [0.3, 0.4) is 0 Å². The first-order valence-electron chi connectivity index (χ1n) is 6.34. The fourth-order valence-electron chi connectivity index (χ4n) is 2.00. The van der Waals surface area contributed by atoms with Gasteiger partial charge in [0.1, 0.15) is 0 Å². The number of nitrogens with one attached hydrogen (secondary N) is 3. The molecule has 3 atom stereocenters. The van der Waals surface area contributed by atoms with Gasteiger partial charge < -0.3 is 31.1 Å². The number of hydrogen-bond donors (Lipinski definition) is 5. The van der Waals surface area contributed by atoms with Gasteiger partial charge in [0.25, 0.3) is 5.91 Å². The van der Waals surface area contributed by atoms with Crippen molar-refractivity contribution in [1.82, 2.24) is 15.5 Å². The Morgan fingerprint density at radius 1 is 1.36 bits per heavy atom. The molecule has 0 spiro atoms. The molecule has 10 heteroatoms. The molecule has 1 aliphatic rings. The highest BCUT2D eigenvalue weighted by molar-refractivity contribution is 5.89. The van der Waals surface area contributed by atoms with Crippen LogP contribution in [0.15, 0.2) is 11.8 Å². The number of carboxylic acid groups (broad SMARTS) is 1. The van der Waals surface area contributed by atoms with E-state index in [0.29, 0.717) is 0 Å². The third kappa shape index (κ3) is 4.11. The maximum Gasteiger partial charge on any atom is 0.370 e. The molecule has 2 amide bonds. The number of hydrogen-bond acceptors (Lipinski definition) is 5. The van der Waals surface area contributed by atoms with E-state index in [1.165, 1.54) is 25.9 Å². The fraction of sp³-hybridized carbons (Fsp3) is 0.500. The molecule has 0 saturated carbocycles. The number of amides is 2. The van der Waals surface area contributed by atoms with Crippen molar-refractivity contribution >= 4 is 23.7 Å². The quantitative estimate of drug-likeness (QED) is 0.291. The van der Waals surface area contributed by atoms with E-state index in [9.17, 15) is 14.4 Å². The topological polar surface area (TPSA) is 158 Å². The summed E-state index contributed by atoms with van der Waals surface area (Å²) in [6.45, 7) is 1.25. The number of nitrogens with zero attached hydrogens (tertiary/aromatic N) is 1. The summed E-state index contributed by atoms with van der Waals surface area (Å²) in [5.41, 5.74) is 5.27. The lowest BCUT2D eigenvalue weighted by molar-refractivity contribution is -0.147. The third-order valence-corrected chi connectivity index (χ3v) is 2.88. The molecule has 10 nitrogen and oxygen atoms in total. The van der Waals surface area contributed by atoms with E-state index in [0.717, 1.165) is 6.08 Å². The van der Waals surface area contributed by atoms with Gasteiger partial charge in [-0.2, -0.15) is 0 Å². The Bertz CT molecular complexity index is 530. The van der Waals surface area contributed by atoms with Gasteiger partial charge in [-0.3, -0.25) is 15.0 Å². The summed E-state index contributed by atoms with van der Waals surface area (Å²) >= 11 is 0. The van der Waals surface area contributed by atoms with E-state index < -0.39 is 47.7 Å². The second-order valence-corrected chi connectivity index (χ2v) is 4.92. The minimum absolute atomic E-state index is 0.431. The number of guanidine groups is 1. The lowest BCUT2D eigenvalue weighted by Gasteiger charge is -2.37. The average Bonchev–Trinajstić information content (AvgIpc) is 2.38. The van der Waals surface area contributed by atoms with Crippen molar-refractivity contribution in [3.8, 4) is 0 Å². The Balaban J connectivity index is 3.24. The standard InChI is InChI=1S/C12H19N5O5/c1-5(18)15-8-6(16-12(13)14)4-7(11(20)21)22-9(8)10(19)17(2)3/h4,6,8-9H,1-3H3,(H,15,18)(H,20,21)(H4,13,14,16)/t6-,8+,9+/m0/s1. The first-order chi connectivity index (χ1) is 10.1. The predicted molar refractivity (Wildman–Crippen MR) is 75.7 cm³/mol. The van der Waals surface area contributed by atoms with Crippen molar-refractivity contribution in [2.75, 3.05) is 14.1 Å². The maximum absolute atomic E-state index is 12.2. The van der Waals surface area contributed by atoms with Crippen molar-refractivity contribution in [2.45, 2.75) is 25.1 Å². The lowest BCUT2D eigenvalue weighted by Crippen LogP contribution is -2.63. The number of ether oxygens (including phenoxy) is 1. The number of carbonyl (C=O) groups is 3. The van der Waals surface area contributed by atoms with Crippen molar-refractivity contribution in [3.05, 3.63) is 11.8 Å². The third-order valence-electron chi connectivity index (χ3n) is 2.88. The average molecular weight is 313 g/mol. The summed E-state index contributed by atoms with van der Waals surface area (Å²) in [4.78, 5) is 35.9. The van der Waals surface area contributed by atoms with E-state index in [1.54, 1.807) is 0 Å². The van der Waals surface area contributed by atoms with E-state index in [-0.39, 0.29) is 0 Å². The highest BCUT2D eigenvalue weighted by Crippen LogP contribution is 2.20. The summed E-state index contributed by atoms with van der Waals surface area (Å²) < 4.78 is 5.20. The van der Waals surface area contributed by atoms with Crippen LogP contribution in [0.25, 0.3) is 0 Å². The number of rotatable bonds is 4. The highest BCUT2D eigenvalue weighted by Gasteiger charge is 2.42. The van der Waals surface area contributed by atoms with Gasteiger partial charge >= 0.3 is 5.97 Å². The molecule has 0 radical (unpaired) electrons. The summed E-state index contributed by atoms with van der Waals surface area (Å²) in [5, 5.41) is 21.4.